The van der Waals surface area contributed by atoms with Gasteiger partial charge in [-0.15, -0.1) is 6.42 Å². The van der Waals surface area contributed by atoms with Gasteiger partial charge in [-0.25, -0.2) is 8.78 Å². The average Bonchev–Trinajstić information content (AvgIpc) is 3.51. The van der Waals surface area contributed by atoms with Crippen LogP contribution in [0.3, 0.4) is 0 Å². The smallest absolute Gasteiger partial charge is 0.319 e. The van der Waals surface area contributed by atoms with Crippen LogP contribution in [0.4, 0.5) is 14.6 Å². The van der Waals surface area contributed by atoms with Gasteiger partial charge in [0.1, 0.15) is 28.6 Å². The zero-order valence-electron chi connectivity index (χ0n) is 28.3. The number of terminal acetylenes is 1. The van der Waals surface area contributed by atoms with E-state index in [1.807, 2.05) is 4.90 Å². The minimum atomic E-state index is -0.962. The van der Waals surface area contributed by atoms with Gasteiger partial charge < -0.3 is 25.0 Å². The van der Waals surface area contributed by atoms with Crippen LogP contribution in [0.25, 0.3) is 32.9 Å². The van der Waals surface area contributed by atoms with Crippen molar-refractivity contribution in [1.29, 1.82) is 0 Å². The summed E-state index contributed by atoms with van der Waals surface area (Å²) < 4.78 is 38.4. The lowest BCUT2D eigenvalue weighted by atomic mass is 9.72. The zero-order chi connectivity index (χ0) is 34.8. The number of fused-ring (bicyclic) bond motifs is 3. The molecule has 9 nitrogen and oxygen atoms in total. The summed E-state index contributed by atoms with van der Waals surface area (Å²) >= 11 is 0. The third-order valence-electron chi connectivity index (χ3n) is 11.8. The van der Waals surface area contributed by atoms with Crippen LogP contribution in [0.1, 0.15) is 70.3 Å². The van der Waals surface area contributed by atoms with Crippen molar-refractivity contribution in [3.63, 3.8) is 0 Å². The SMILES string of the molecule is C#Cc1c(F)ccc2cc(O)cc(-c3ncc4c(N5CCC[C@@](C)(O)C5)nc(OC[C@]56CCC[C@H]5N(C5CC(CO)C5)CCC6)nc4c3F)c12. The lowest BCUT2D eigenvalue weighted by Gasteiger charge is -2.53. The molecule has 50 heavy (non-hydrogen) atoms. The molecule has 2 saturated carbocycles. The minimum absolute atomic E-state index is 0.0226. The molecule has 0 bridgehead atoms. The highest BCUT2D eigenvalue weighted by molar-refractivity contribution is 6.03. The first-order valence-electron chi connectivity index (χ1n) is 17.8. The number of aromatic hydroxyl groups is 1. The molecular weight excluding hydrogens is 640 g/mol. The predicted octanol–water partition coefficient (Wildman–Crippen LogP) is 5.95. The number of aliphatic hydroxyl groups is 2. The van der Waals surface area contributed by atoms with Gasteiger partial charge in [0.25, 0.3) is 0 Å². The summed E-state index contributed by atoms with van der Waals surface area (Å²) in [6.45, 7) is 4.37. The van der Waals surface area contributed by atoms with E-state index in [4.69, 9.17) is 16.1 Å². The summed E-state index contributed by atoms with van der Waals surface area (Å²) in [7, 11) is 0. The van der Waals surface area contributed by atoms with Gasteiger partial charge in [0.2, 0.25) is 0 Å². The van der Waals surface area contributed by atoms with Crippen molar-refractivity contribution in [2.24, 2.45) is 11.3 Å². The molecule has 8 rings (SSSR count). The summed E-state index contributed by atoms with van der Waals surface area (Å²) in [6, 6.07) is 6.40. The molecule has 2 aliphatic carbocycles. The van der Waals surface area contributed by atoms with Crippen molar-refractivity contribution in [2.45, 2.75) is 82.4 Å². The van der Waals surface area contributed by atoms with Gasteiger partial charge in [-0.3, -0.25) is 9.88 Å². The van der Waals surface area contributed by atoms with Crippen molar-refractivity contribution in [1.82, 2.24) is 19.9 Å². The topological polar surface area (TPSA) is 115 Å². The monoisotopic (exact) mass is 683 g/mol. The Hall–Kier alpha value is -4.11. The number of hydrogen-bond acceptors (Lipinski definition) is 9. The second-order valence-corrected chi connectivity index (χ2v) is 15.3. The first-order valence-corrected chi connectivity index (χ1v) is 17.8. The maximum Gasteiger partial charge on any atom is 0.319 e. The van der Waals surface area contributed by atoms with E-state index in [1.54, 1.807) is 6.92 Å². The van der Waals surface area contributed by atoms with Gasteiger partial charge in [0.15, 0.2) is 5.82 Å². The summed E-state index contributed by atoms with van der Waals surface area (Å²) in [5.74, 6) is 1.64. The number of nitrogens with zero attached hydrogens (tertiary/aromatic N) is 5. The summed E-state index contributed by atoms with van der Waals surface area (Å²) in [5, 5.41) is 32.3. The van der Waals surface area contributed by atoms with Gasteiger partial charge in [0, 0.05) is 54.3 Å². The molecule has 0 amide bonds. The fourth-order valence-corrected chi connectivity index (χ4v) is 9.37. The maximum absolute atomic E-state index is 17.0. The van der Waals surface area contributed by atoms with Gasteiger partial charge >= 0.3 is 6.01 Å². The minimum Gasteiger partial charge on any atom is -0.508 e. The summed E-state index contributed by atoms with van der Waals surface area (Å²) in [6.07, 6.45) is 15.9. The normalized spacial score (nSPS) is 28.4. The molecular formula is C39H43F2N5O4. The second-order valence-electron chi connectivity index (χ2n) is 15.3. The molecule has 4 fully saturated rings. The Balaban J connectivity index is 1.21. The number of piperidine rings is 2. The Labute approximate surface area is 290 Å². The fourth-order valence-electron chi connectivity index (χ4n) is 9.37. The number of pyridine rings is 1. The molecule has 2 saturated heterocycles. The van der Waals surface area contributed by atoms with E-state index in [0.29, 0.717) is 60.7 Å². The summed E-state index contributed by atoms with van der Waals surface area (Å²) in [5.41, 5.74) is -1.11. The van der Waals surface area contributed by atoms with Crippen LogP contribution in [0.15, 0.2) is 30.5 Å². The van der Waals surface area contributed by atoms with Crippen LogP contribution in [0, 0.1) is 35.3 Å². The van der Waals surface area contributed by atoms with E-state index >= 15 is 4.39 Å². The maximum atomic E-state index is 17.0. The van der Waals surface area contributed by atoms with Crippen LogP contribution < -0.4 is 9.64 Å². The number of aromatic nitrogens is 3. The van der Waals surface area contributed by atoms with E-state index in [9.17, 15) is 19.7 Å². The number of rotatable bonds is 7. The van der Waals surface area contributed by atoms with E-state index in [1.165, 1.54) is 30.5 Å². The number of phenols is 1. The summed E-state index contributed by atoms with van der Waals surface area (Å²) in [4.78, 5) is 18.6. The molecule has 0 radical (unpaired) electrons. The number of ether oxygens (including phenoxy) is 1. The Morgan fingerprint density at radius 2 is 1.88 bits per heavy atom. The van der Waals surface area contributed by atoms with Crippen LogP contribution in [-0.2, 0) is 0 Å². The van der Waals surface area contributed by atoms with Gasteiger partial charge in [-0.05, 0) is 94.3 Å². The zero-order valence-corrected chi connectivity index (χ0v) is 28.3. The third-order valence-corrected chi connectivity index (χ3v) is 11.8. The van der Waals surface area contributed by atoms with E-state index in [-0.39, 0.29) is 51.5 Å². The number of aliphatic hydroxyl groups excluding tert-OH is 1. The number of halogens is 2. The number of likely N-dealkylation sites (tertiary alicyclic amines) is 1. The molecule has 11 heteroatoms. The average molecular weight is 684 g/mol. The Morgan fingerprint density at radius 3 is 2.66 bits per heavy atom. The first-order chi connectivity index (χ1) is 24.1. The van der Waals surface area contributed by atoms with Crippen LogP contribution in [0.5, 0.6) is 11.8 Å². The molecule has 0 unspecified atom stereocenters. The molecule has 2 aromatic heterocycles. The van der Waals surface area contributed by atoms with Gasteiger partial charge in [-0.1, -0.05) is 18.4 Å². The van der Waals surface area contributed by atoms with Gasteiger partial charge in [0.05, 0.1) is 23.2 Å². The van der Waals surface area contributed by atoms with Crippen LogP contribution >= 0.6 is 0 Å². The van der Waals surface area contributed by atoms with Crippen molar-refractivity contribution in [3.8, 4) is 35.4 Å². The van der Waals surface area contributed by atoms with Crippen LogP contribution in [-0.4, -0.2) is 85.7 Å². The quantitative estimate of drug-likeness (QED) is 0.204. The number of hydrogen-bond donors (Lipinski definition) is 3. The Morgan fingerprint density at radius 1 is 1.08 bits per heavy atom. The van der Waals surface area contributed by atoms with E-state index < -0.39 is 17.2 Å². The number of benzene rings is 2. The second kappa shape index (κ2) is 12.6. The number of phenolic OH excluding ortho intramolecular Hbond substituents is 1. The highest BCUT2D eigenvalue weighted by Crippen LogP contribution is 2.51. The lowest BCUT2D eigenvalue weighted by molar-refractivity contribution is -0.0596. The predicted molar refractivity (Wildman–Crippen MR) is 187 cm³/mol. The largest absolute Gasteiger partial charge is 0.508 e. The standard InChI is InChI=1S/C39H43F2N5O4/c1-3-27-30(40)9-8-24-17-26(48)18-28(32(24)27)34-33(41)35-29(19-42-34)36(45-13-5-10-38(2,49)21-45)44-37(43-35)50-22-39-11-4-7-31(39)46(14-6-12-39)25-15-23(16-25)20-47/h1,8-9,17-19,23,25,31,47-49H,4-7,10-16,20-22H2,2H3/t23?,25?,31-,38-,39-/m1/s1. The van der Waals surface area contributed by atoms with Crippen molar-refractivity contribution in [3.05, 3.63) is 47.7 Å². The Bertz CT molecular complexity index is 2010. The molecule has 3 atom stereocenters. The highest BCUT2D eigenvalue weighted by atomic mass is 19.1. The molecule has 4 heterocycles. The van der Waals surface area contributed by atoms with E-state index in [2.05, 4.69) is 20.8 Å². The van der Waals surface area contributed by atoms with Crippen molar-refractivity contribution in [2.75, 3.05) is 37.7 Å². The molecule has 3 N–H and O–H groups in total. The number of anilines is 1. The molecule has 2 aliphatic heterocycles. The molecule has 2 aromatic carbocycles. The molecule has 0 spiro atoms. The number of β-amino-alcohol motifs (C(OH)–C–C–N with tert-alkyl or cyclic N) is 1. The van der Waals surface area contributed by atoms with Crippen molar-refractivity contribution >= 4 is 27.5 Å². The fraction of sp³-hybridized carbons (Fsp3) is 0.513. The molecule has 262 valence electrons. The Kier molecular flexibility index (Phi) is 8.32. The van der Waals surface area contributed by atoms with E-state index in [0.717, 1.165) is 57.9 Å². The first kappa shape index (κ1) is 33.1. The molecule has 4 aliphatic rings. The van der Waals surface area contributed by atoms with Gasteiger partial charge in [-0.2, -0.15) is 9.97 Å². The molecule has 4 aromatic rings. The third kappa shape index (κ3) is 5.62. The van der Waals surface area contributed by atoms with Crippen molar-refractivity contribution < 1.29 is 28.8 Å². The van der Waals surface area contributed by atoms with Crippen LogP contribution in [0.2, 0.25) is 0 Å². The lowest BCUT2D eigenvalue weighted by Crippen LogP contribution is -2.58. The highest BCUT2D eigenvalue weighted by Gasteiger charge is 2.51.